The minimum Gasteiger partial charge on any atom is -0.378 e. The Labute approximate surface area is 141 Å². The molecule has 4 aliphatic rings. The van der Waals surface area contributed by atoms with Gasteiger partial charge in [-0.2, -0.15) is 0 Å². The minimum absolute atomic E-state index is 0.110. The van der Waals surface area contributed by atoms with E-state index in [0.29, 0.717) is 26.3 Å². The molecule has 5 atom stereocenters. The van der Waals surface area contributed by atoms with Gasteiger partial charge in [-0.1, -0.05) is 0 Å². The fourth-order valence-electron chi connectivity index (χ4n) is 3.77. The Morgan fingerprint density at radius 3 is 2.17 bits per heavy atom. The summed E-state index contributed by atoms with van der Waals surface area (Å²) < 4.78 is 35.1. The molecule has 0 bridgehead atoms. The highest BCUT2D eigenvalue weighted by atomic mass is 16.9. The maximum absolute atomic E-state index is 13.0. The first-order valence-electron chi connectivity index (χ1n) is 8.49. The second kappa shape index (κ2) is 5.62. The number of ether oxygens (including phenoxy) is 6. The van der Waals surface area contributed by atoms with Crippen molar-refractivity contribution in [2.45, 2.75) is 70.0 Å². The Hall–Kier alpha value is -0.770. The summed E-state index contributed by atoms with van der Waals surface area (Å²) in [5.74, 6) is -1.69. The Kier molecular flexibility index (Phi) is 3.91. The lowest BCUT2D eigenvalue weighted by Crippen LogP contribution is -2.60. The maximum Gasteiger partial charge on any atom is 0.254 e. The number of fused-ring (bicyclic) bond motifs is 3. The predicted octanol–water partition coefficient (Wildman–Crippen LogP) is 0.242. The Balaban J connectivity index is 1.59. The van der Waals surface area contributed by atoms with E-state index >= 15 is 0 Å². The zero-order chi connectivity index (χ0) is 17.1. The Morgan fingerprint density at radius 2 is 1.46 bits per heavy atom. The van der Waals surface area contributed by atoms with Crippen molar-refractivity contribution in [3.8, 4) is 0 Å². The smallest absolute Gasteiger partial charge is 0.254 e. The van der Waals surface area contributed by atoms with Gasteiger partial charge < -0.3 is 33.3 Å². The van der Waals surface area contributed by atoms with Crippen LogP contribution in [-0.2, 0) is 33.2 Å². The number of hydrogen-bond acceptors (Lipinski definition) is 7. The van der Waals surface area contributed by atoms with Gasteiger partial charge in [-0.15, -0.1) is 0 Å². The van der Waals surface area contributed by atoms with Gasteiger partial charge in [0.15, 0.2) is 24.0 Å². The summed E-state index contributed by atoms with van der Waals surface area (Å²) in [5, 5.41) is 0. The number of carbonyl (C=O) groups is 1. The van der Waals surface area contributed by atoms with Gasteiger partial charge in [0.05, 0.1) is 13.2 Å². The molecule has 0 radical (unpaired) electrons. The van der Waals surface area contributed by atoms with Gasteiger partial charge in [-0.3, -0.25) is 4.79 Å². The molecule has 0 aromatic carbocycles. The van der Waals surface area contributed by atoms with Gasteiger partial charge in [-0.25, -0.2) is 0 Å². The number of morpholine rings is 1. The lowest BCUT2D eigenvalue weighted by atomic mass is 9.98. The SMILES string of the molecule is CC1(C)O[C@@H]2O[C@H](C(=O)N3CCOCC3)[C@@H]3OC(C)(C)O[C@H]3[C@@H]2O1. The van der Waals surface area contributed by atoms with E-state index in [4.69, 9.17) is 28.4 Å². The number of hydrogen-bond donors (Lipinski definition) is 0. The normalized spacial score (nSPS) is 43.3. The molecule has 8 heteroatoms. The van der Waals surface area contributed by atoms with Gasteiger partial charge in [0.2, 0.25) is 0 Å². The van der Waals surface area contributed by atoms with Crippen molar-refractivity contribution < 1.29 is 33.2 Å². The molecule has 24 heavy (non-hydrogen) atoms. The molecule has 0 aliphatic carbocycles. The van der Waals surface area contributed by atoms with Crippen molar-refractivity contribution in [3.63, 3.8) is 0 Å². The van der Waals surface area contributed by atoms with Gasteiger partial charge in [0.25, 0.3) is 5.91 Å². The molecule has 0 unspecified atom stereocenters. The minimum atomic E-state index is -0.798. The fourth-order valence-corrected chi connectivity index (χ4v) is 3.77. The summed E-state index contributed by atoms with van der Waals surface area (Å²) >= 11 is 0. The molecule has 0 spiro atoms. The van der Waals surface area contributed by atoms with E-state index in [1.54, 1.807) is 4.90 Å². The highest BCUT2D eigenvalue weighted by molar-refractivity contribution is 5.82. The molecule has 0 N–H and O–H groups in total. The summed E-state index contributed by atoms with van der Waals surface area (Å²) in [6.07, 6.45) is -2.76. The number of nitrogens with zero attached hydrogens (tertiary/aromatic N) is 1. The molecule has 4 saturated heterocycles. The zero-order valence-corrected chi connectivity index (χ0v) is 14.5. The molecule has 0 aromatic heterocycles. The average molecular weight is 343 g/mol. The molecule has 4 fully saturated rings. The predicted molar refractivity (Wildman–Crippen MR) is 79.9 cm³/mol. The average Bonchev–Trinajstić information content (AvgIpc) is 3.00. The molecule has 0 saturated carbocycles. The van der Waals surface area contributed by atoms with E-state index in [2.05, 4.69) is 0 Å². The van der Waals surface area contributed by atoms with Crippen LogP contribution in [0.2, 0.25) is 0 Å². The molecule has 4 heterocycles. The largest absolute Gasteiger partial charge is 0.378 e. The zero-order valence-electron chi connectivity index (χ0n) is 14.5. The highest BCUT2D eigenvalue weighted by Gasteiger charge is 2.62. The molecule has 4 rings (SSSR count). The molecule has 8 nitrogen and oxygen atoms in total. The molecule has 1 amide bonds. The summed E-state index contributed by atoms with van der Waals surface area (Å²) in [6.45, 7) is 9.48. The van der Waals surface area contributed by atoms with Crippen LogP contribution in [0.25, 0.3) is 0 Å². The summed E-state index contributed by atoms with van der Waals surface area (Å²) in [4.78, 5) is 14.7. The topological polar surface area (TPSA) is 75.7 Å². The Morgan fingerprint density at radius 1 is 0.875 bits per heavy atom. The third-order valence-corrected chi connectivity index (χ3v) is 4.72. The first-order chi connectivity index (χ1) is 11.3. The number of amides is 1. The van der Waals surface area contributed by atoms with Crippen LogP contribution in [0.15, 0.2) is 0 Å². The lowest BCUT2D eigenvalue weighted by Gasteiger charge is -2.39. The van der Waals surface area contributed by atoms with E-state index in [1.807, 2.05) is 27.7 Å². The number of rotatable bonds is 1. The van der Waals surface area contributed by atoms with Crippen LogP contribution in [0.3, 0.4) is 0 Å². The molecule has 136 valence electrons. The van der Waals surface area contributed by atoms with E-state index in [0.717, 1.165) is 0 Å². The highest BCUT2D eigenvalue weighted by Crippen LogP contribution is 2.44. The van der Waals surface area contributed by atoms with Crippen LogP contribution < -0.4 is 0 Å². The summed E-state index contributed by atoms with van der Waals surface area (Å²) in [5.41, 5.74) is 0. The van der Waals surface area contributed by atoms with Gasteiger partial charge in [0.1, 0.15) is 18.3 Å². The molecule has 0 aromatic rings. The third-order valence-electron chi connectivity index (χ3n) is 4.72. The standard InChI is InChI=1S/C16H25NO7/c1-15(2)21-9-10(22-15)12-14(24-16(3,4)23-12)20-11(9)13(18)17-5-7-19-8-6-17/h9-12,14H,5-8H2,1-4H3/t9-,10-,11+,12+,14+/m1/s1. The molecule has 4 aliphatic heterocycles. The van der Waals surface area contributed by atoms with E-state index in [9.17, 15) is 4.79 Å². The first kappa shape index (κ1) is 16.7. The van der Waals surface area contributed by atoms with Gasteiger partial charge in [-0.05, 0) is 27.7 Å². The van der Waals surface area contributed by atoms with Crippen LogP contribution in [0, 0.1) is 0 Å². The first-order valence-corrected chi connectivity index (χ1v) is 8.49. The van der Waals surface area contributed by atoms with Crippen molar-refractivity contribution >= 4 is 5.91 Å². The van der Waals surface area contributed by atoms with Crippen molar-refractivity contribution in [2.24, 2.45) is 0 Å². The van der Waals surface area contributed by atoms with E-state index in [1.165, 1.54) is 0 Å². The van der Waals surface area contributed by atoms with E-state index in [-0.39, 0.29) is 5.91 Å². The van der Waals surface area contributed by atoms with E-state index < -0.39 is 42.3 Å². The molecular formula is C16H25NO7. The third kappa shape index (κ3) is 2.85. The second-order valence-corrected chi connectivity index (χ2v) is 7.53. The van der Waals surface area contributed by atoms with Crippen molar-refractivity contribution in [1.82, 2.24) is 4.90 Å². The van der Waals surface area contributed by atoms with Crippen LogP contribution in [-0.4, -0.2) is 79.4 Å². The van der Waals surface area contributed by atoms with Crippen molar-refractivity contribution in [3.05, 3.63) is 0 Å². The second-order valence-electron chi connectivity index (χ2n) is 7.53. The quantitative estimate of drug-likeness (QED) is 0.675. The van der Waals surface area contributed by atoms with Crippen LogP contribution in [0.1, 0.15) is 27.7 Å². The summed E-state index contributed by atoms with van der Waals surface area (Å²) in [7, 11) is 0. The van der Waals surface area contributed by atoms with Crippen LogP contribution in [0.4, 0.5) is 0 Å². The Bertz CT molecular complexity index is 517. The summed E-state index contributed by atoms with van der Waals surface area (Å²) in [6, 6.07) is 0. The van der Waals surface area contributed by atoms with Crippen molar-refractivity contribution in [1.29, 1.82) is 0 Å². The van der Waals surface area contributed by atoms with Gasteiger partial charge >= 0.3 is 0 Å². The fraction of sp³-hybridized carbons (Fsp3) is 0.938. The number of carbonyl (C=O) groups excluding carboxylic acids is 1. The molecular weight excluding hydrogens is 318 g/mol. The van der Waals surface area contributed by atoms with Crippen LogP contribution >= 0.6 is 0 Å². The van der Waals surface area contributed by atoms with Crippen LogP contribution in [0.5, 0.6) is 0 Å². The lowest BCUT2D eigenvalue weighted by molar-refractivity contribution is -0.235. The maximum atomic E-state index is 13.0. The monoisotopic (exact) mass is 343 g/mol. The van der Waals surface area contributed by atoms with Crippen molar-refractivity contribution in [2.75, 3.05) is 26.3 Å². The van der Waals surface area contributed by atoms with Gasteiger partial charge in [0, 0.05) is 13.1 Å².